The van der Waals surface area contributed by atoms with Crippen LogP contribution in [0.3, 0.4) is 0 Å². The van der Waals surface area contributed by atoms with E-state index < -0.39 is 30.7 Å². The molecule has 1 atom stereocenters. The summed E-state index contributed by atoms with van der Waals surface area (Å²) in [6, 6.07) is 3.90. The van der Waals surface area contributed by atoms with Gasteiger partial charge in [-0.1, -0.05) is 30.7 Å². The van der Waals surface area contributed by atoms with Crippen molar-refractivity contribution in [1.82, 2.24) is 5.32 Å². The molecule has 8 heteroatoms. The Labute approximate surface area is 123 Å². The minimum absolute atomic E-state index is 0.000909. The third-order valence-corrected chi connectivity index (χ3v) is 3.19. The van der Waals surface area contributed by atoms with E-state index in [0.29, 0.717) is 10.6 Å². The number of likely N-dealkylation sites (N-methyl/N-ethyl adjacent to an activating group) is 1. The summed E-state index contributed by atoms with van der Waals surface area (Å²) in [5.41, 5.74) is 0.351. The first-order valence-corrected chi connectivity index (χ1v) is 6.54. The maximum Gasteiger partial charge on any atom is 0.402 e. The predicted octanol–water partition coefficient (Wildman–Crippen LogP) is 4.60. The minimum atomic E-state index is -5.36. The summed E-state index contributed by atoms with van der Waals surface area (Å²) in [7, 11) is 0. The zero-order chi connectivity index (χ0) is 16.3. The Kier molecular flexibility index (Phi) is 5.92. The smallest absolute Gasteiger partial charge is 0.313 e. The second-order valence-electron chi connectivity index (χ2n) is 4.56. The molecular weight excluding hydrogens is 320 g/mol. The van der Waals surface area contributed by atoms with Crippen molar-refractivity contribution in [3.63, 3.8) is 0 Å². The fourth-order valence-electron chi connectivity index (χ4n) is 2.09. The second-order valence-corrected chi connectivity index (χ2v) is 4.99. The van der Waals surface area contributed by atoms with E-state index in [-0.39, 0.29) is 6.54 Å². The number of nitrogens with one attached hydrogen (secondary N) is 1. The van der Waals surface area contributed by atoms with Gasteiger partial charge in [-0.15, -0.1) is 0 Å². The number of hydrogen-bond donors (Lipinski definition) is 1. The van der Waals surface area contributed by atoms with Crippen LogP contribution in [0.5, 0.6) is 0 Å². The van der Waals surface area contributed by atoms with E-state index in [1.54, 1.807) is 0 Å². The molecule has 0 aliphatic heterocycles. The average molecular weight is 334 g/mol. The van der Waals surface area contributed by atoms with Gasteiger partial charge in [-0.2, -0.15) is 26.3 Å². The van der Waals surface area contributed by atoms with Gasteiger partial charge in [0.1, 0.15) is 0 Å². The minimum Gasteiger partial charge on any atom is -0.313 e. The van der Waals surface area contributed by atoms with E-state index in [1.165, 1.54) is 31.2 Å². The third kappa shape index (κ3) is 5.39. The number of rotatable bonds is 5. The van der Waals surface area contributed by atoms with Crippen molar-refractivity contribution in [1.29, 1.82) is 0 Å². The van der Waals surface area contributed by atoms with Gasteiger partial charge < -0.3 is 5.32 Å². The number of halogens is 7. The Morgan fingerprint density at radius 2 is 1.48 bits per heavy atom. The molecular formula is C13H14ClF6N. The predicted molar refractivity (Wildman–Crippen MR) is 68.2 cm³/mol. The molecule has 0 fully saturated rings. The highest BCUT2D eigenvalue weighted by molar-refractivity contribution is 6.30. The van der Waals surface area contributed by atoms with E-state index in [2.05, 4.69) is 5.32 Å². The van der Waals surface area contributed by atoms with Crippen LogP contribution in [0.2, 0.25) is 5.02 Å². The lowest BCUT2D eigenvalue weighted by Gasteiger charge is -2.31. The molecule has 0 saturated heterocycles. The summed E-state index contributed by atoms with van der Waals surface area (Å²) in [4.78, 5) is 0. The van der Waals surface area contributed by atoms with Crippen LogP contribution in [0.1, 0.15) is 12.5 Å². The van der Waals surface area contributed by atoms with E-state index >= 15 is 0 Å². The van der Waals surface area contributed by atoms with Gasteiger partial charge in [0.2, 0.25) is 0 Å². The van der Waals surface area contributed by atoms with E-state index in [4.69, 9.17) is 11.6 Å². The van der Waals surface area contributed by atoms with Gasteiger partial charge in [0, 0.05) is 11.1 Å². The first-order valence-electron chi connectivity index (χ1n) is 6.17. The van der Waals surface area contributed by atoms with E-state index in [9.17, 15) is 26.3 Å². The highest BCUT2D eigenvalue weighted by Gasteiger charge is 2.59. The molecule has 0 heterocycles. The van der Waals surface area contributed by atoms with Crippen molar-refractivity contribution in [2.45, 2.75) is 31.7 Å². The summed E-state index contributed by atoms with van der Waals surface area (Å²) in [6.07, 6.45) is -11.1. The highest BCUT2D eigenvalue weighted by Crippen LogP contribution is 2.42. The molecule has 0 aliphatic rings. The van der Waals surface area contributed by atoms with Crippen molar-refractivity contribution in [2.75, 3.05) is 6.54 Å². The Bertz CT molecular complexity index is 425. The van der Waals surface area contributed by atoms with Crippen molar-refractivity contribution in [2.24, 2.45) is 5.92 Å². The standard InChI is InChI=1S/C13H14ClF6N/c1-2-21-10(7-8-3-5-9(14)6-4-8)11(12(15,16)17)13(18,19)20/h3-6,10-11,21H,2,7H2,1H3. The number of benzene rings is 1. The Hall–Kier alpha value is -0.950. The molecule has 1 unspecified atom stereocenters. The summed E-state index contributed by atoms with van der Waals surface area (Å²) in [5.74, 6) is -3.42. The summed E-state index contributed by atoms with van der Waals surface area (Å²) >= 11 is 5.64. The molecule has 1 rings (SSSR count). The quantitative estimate of drug-likeness (QED) is 0.776. The van der Waals surface area contributed by atoms with Crippen LogP contribution < -0.4 is 5.32 Å². The molecule has 0 radical (unpaired) electrons. The molecule has 1 nitrogen and oxygen atoms in total. The molecule has 120 valence electrons. The van der Waals surface area contributed by atoms with Gasteiger partial charge in [-0.05, 0) is 30.7 Å². The number of hydrogen-bond acceptors (Lipinski definition) is 1. The lowest BCUT2D eigenvalue weighted by Crippen LogP contribution is -2.52. The van der Waals surface area contributed by atoms with Crippen molar-refractivity contribution < 1.29 is 26.3 Å². The van der Waals surface area contributed by atoms with Crippen LogP contribution in [0.4, 0.5) is 26.3 Å². The highest BCUT2D eigenvalue weighted by atomic mass is 35.5. The van der Waals surface area contributed by atoms with Crippen LogP contribution in [0.25, 0.3) is 0 Å². The van der Waals surface area contributed by atoms with Crippen molar-refractivity contribution >= 4 is 11.6 Å². The molecule has 0 amide bonds. The molecule has 1 N–H and O–H groups in total. The lowest BCUT2D eigenvalue weighted by atomic mass is 9.92. The van der Waals surface area contributed by atoms with Gasteiger partial charge in [-0.3, -0.25) is 0 Å². The zero-order valence-electron chi connectivity index (χ0n) is 11.0. The first-order chi connectivity index (χ1) is 9.55. The summed E-state index contributed by atoms with van der Waals surface area (Å²) in [5, 5.41) is 2.65. The lowest BCUT2D eigenvalue weighted by molar-refractivity contribution is -0.291. The van der Waals surface area contributed by atoms with E-state index in [0.717, 1.165) is 0 Å². The average Bonchev–Trinajstić information content (AvgIpc) is 2.28. The molecule has 1 aromatic carbocycles. The van der Waals surface area contributed by atoms with Crippen LogP contribution in [0.15, 0.2) is 24.3 Å². The molecule has 0 bridgehead atoms. The summed E-state index contributed by atoms with van der Waals surface area (Å²) < 4.78 is 76.7. The fourth-order valence-corrected chi connectivity index (χ4v) is 2.21. The van der Waals surface area contributed by atoms with Crippen LogP contribution >= 0.6 is 11.6 Å². The monoisotopic (exact) mass is 333 g/mol. The number of alkyl halides is 6. The van der Waals surface area contributed by atoms with Crippen molar-refractivity contribution in [3.05, 3.63) is 34.9 Å². The fraction of sp³-hybridized carbons (Fsp3) is 0.538. The van der Waals surface area contributed by atoms with Crippen molar-refractivity contribution in [3.8, 4) is 0 Å². The molecule has 21 heavy (non-hydrogen) atoms. The Morgan fingerprint density at radius 3 is 1.86 bits per heavy atom. The van der Waals surface area contributed by atoms with Gasteiger partial charge in [0.15, 0.2) is 5.92 Å². The maximum atomic E-state index is 12.8. The normalized spacial score (nSPS) is 14.5. The largest absolute Gasteiger partial charge is 0.402 e. The maximum absolute atomic E-state index is 12.8. The Balaban J connectivity index is 3.04. The van der Waals surface area contributed by atoms with Crippen LogP contribution in [-0.4, -0.2) is 24.9 Å². The third-order valence-electron chi connectivity index (χ3n) is 2.94. The van der Waals surface area contributed by atoms with Crippen LogP contribution in [0, 0.1) is 5.92 Å². The topological polar surface area (TPSA) is 12.0 Å². The van der Waals surface area contributed by atoms with Gasteiger partial charge in [-0.25, -0.2) is 0 Å². The SMILES string of the molecule is CCNC(Cc1ccc(Cl)cc1)C(C(F)(F)F)C(F)(F)F. The second kappa shape index (κ2) is 6.87. The molecule has 0 saturated carbocycles. The van der Waals surface area contributed by atoms with Crippen LogP contribution in [-0.2, 0) is 6.42 Å². The molecule has 0 aliphatic carbocycles. The molecule has 1 aromatic rings. The zero-order valence-corrected chi connectivity index (χ0v) is 11.8. The molecule has 0 spiro atoms. The van der Waals surface area contributed by atoms with Gasteiger partial charge >= 0.3 is 12.4 Å². The first kappa shape index (κ1) is 18.1. The van der Waals surface area contributed by atoms with E-state index in [1.807, 2.05) is 0 Å². The summed E-state index contributed by atoms with van der Waals surface area (Å²) in [6.45, 7) is 1.46. The Morgan fingerprint density at radius 1 is 1.00 bits per heavy atom. The molecule has 0 aromatic heterocycles. The van der Waals surface area contributed by atoms with Gasteiger partial charge in [0.25, 0.3) is 0 Å². The van der Waals surface area contributed by atoms with Gasteiger partial charge in [0.05, 0.1) is 0 Å².